The second-order valence-electron chi connectivity index (χ2n) is 5.02. The summed E-state index contributed by atoms with van der Waals surface area (Å²) in [7, 11) is 0. The number of rotatable bonds is 4. The molecular formula is C16H18Cl2N2. The van der Waals surface area contributed by atoms with E-state index >= 15 is 0 Å². The van der Waals surface area contributed by atoms with Gasteiger partial charge >= 0.3 is 0 Å². The molecule has 0 aliphatic heterocycles. The van der Waals surface area contributed by atoms with E-state index in [1.165, 1.54) is 16.7 Å². The SMILES string of the molecule is Cc1ccc(C(Cc2ccc(Cl)c(Cl)c2)NN)cc1C. The fourth-order valence-electron chi connectivity index (χ4n) is 2.16. The van der Waals surface area contributed by atoms with Crippen LogP contribution in [0.15, 0.2) is 36.4 Å². The third-order valence-electron chi connectivity index (χ3n) is 3.56. The molecule has 0 spiro atoms. The van der Waals surface area contributed by atoms with Crippen LogP contribution in [0.2, 0.25) is 10.0 Å². The summed E-state index contributed by atoms with van der Waals surface area (Å²) >= 11 is 12.0. The van der Waals surface area contributed by atoms with Crippen LogP contribution in [0.25, 0.3) is 0 Å². The average Bonchev–Trinajstić information content (AvgIpc) is 2.43. The lowest BCUT2D eigenvalue weighted by molar-refractivity contribution is 0.551. The standard InChI is InChI=1S/C16H18Cl2N2/c1-10-3-5-13(7-11(10)2)16(20-19)9-12-4-6-14(17)15(18)8-12/h3-8,16,20H,9,19H2,1-2H3. The molecule has 0 heterocycles. The molecule has 2 aromatic rings. The molecule has 3 N–H and O–H groups in total. The molecule has 4 heteroatoms. The number of halogens is 2. The van der Waals surface area contributed by atoms with Crippen molar-refractivity contribution in [1.82, 2.24) is 5.43 Å². The first-order chi connectivity index (χ1) is 9.51. The van der Waals surface area contributed by atoms with Crippen LogP contribution in [0.3, 0.4) is 0 Å². The van der Waals surface area contributed by atoms with Gasteiger partial charge in [0.15, 0.2) is 0 Å². The molecule has 0 amide bonds. The summed E-state index contributed by atoms with van der Waals surface area (Å²) in [5.74, 6) is 5.70. The van der Waals surface area contributed by atoms with Crippen molar-refractivity contribution < 1.29 is 0 Å². The van der Waals surface area contributed by atoms with Crippen molar-refractivity contribution in [3.8, 4) is 0 Å². The first-order valence-corrected chi connectivity index (χ1v) is 7.24. The predicted octanol–water partition coefficient (Wildman–Crippen LogP) is 4.36. The van der Waals surface area contributed by atoms with E-state index in [2.05, 4.69) is 37.5 Å². The zero-order valence-corrected chi connectivity index (χ0v) is 13.1. The van der Waals surface area contributed by atoms with Gasteiger partial charge in [0.2, 0.25) is 0 Å². The van der Waals surface area contributed by atoms with E-state index in [0.29, 0.717) is 10.0 Å². The van der Waals surface area contributed by atoms with Gasteiger partial charge in [0.1, 0.15) is 0 Å². The molecule has 0 fully saturated rings. The minimum atomic E-state index is 0.0477. The molecule has 0 radical (unpaired) electrons. The molecule has 0 saturated heterocycles. The van der Waals surface area contributed by atoms with Crippen LogP contribution in [-0.2, 0) is 6.42 Å². The maximum Gasteiger partial charge on any atom is 0.0595 e. The quantitative estimate of drug-likeness (QED) is 0.650. The van der Waals surface area contributed by atoms with Crippen LogP contribution in [-0.4, -0.2) is 0 Å². The summed E-state index contributed by atoms with van der Waals surface area (Å²) in [6, 6.07) is 12.1. The number of nitrogens with two attached hydrogens (primary N) is 1. The van der Waals surface area contributed by atoms with Gasteiger partial charge in [0.05, 0.1) is 10.0 Å². The molecule has 0 aliphatic rings. The van der Waals surface area contributed by atoms with Gasteiger partial charge < -0.3 is 0 Å². The van der Waals surface area contributed by atoms with Gasteiger partial charge in [-0.05, 0) is 54.7 Å². The topological polar surface area (TPSA) is 38.0 Å². The van der Waals surface area contributed by atoms with Crippen molar-refractivity contribution in [3.05, 3.63) is 68.7 Å². The molecule has 2 aromatic carbocycles. The van der Waals surface area contributed by atoms with Crippen molar-refractivity contribution in [2.24, 2.45) is 5.84 Å². The molecule has 0 saturated carbocycles. The normalized spacial score (nSPS) is 12.4. The van der Waals surface area contributed by atoms with E-state index < -0.39 is 0 Å². The molecule has 20 heavy (non-hydrogen) atoms. The highest BCUT2D eigenvalue weighted by Gasteiger charge is 2.12. The largest absolute Gasteiger partial charge is 0.271 e. The van der Waals surface area contributed by atoms with Gasteiger partial charge in [-0.2, -0.15) is 0 Å². The average molecular weight is 309 g/mol. The summed E-state index contributed by atoms with van der Waals surface area (Å²) in [5.41, 5.74) is 7.68. The molecule has 106 valence electrons. The van der Waals surface area contributed by atoms with E-state index in [4.69, 9.17) is 29.0 Å². The van der Waals surface area contributed by atoms with Crippen LogP contribution in [0, 0.1) is 13.8 Å². The van der Waals surface area contributed by atoms with Crippen LogP contribution in [0.4, 0.5) is 0 Å². The lowest BCUT2D eigenvalue weighted by Crippen LogP contribution is -2.29. The Bertz CT molecular complexity index is 611. The zero-order valence-electron chi connectivity index (χ0n) is 11.6. The summed E-state index contributed by atoms with van der Waals surface area (Å²) < 4.78 is 0. The van der Waals surface area contributed by atoms with Crippen molar-refractivity contribution >= 4 is 23.2 Å². The lowest BCUT2D eigenvalue weighted by Gasteiger charge is -2.18. The third kappa shape index (κ3) is 3.53. The van der Waals surface area contributed by atoms with Gasteiger partial charge in [-0.25, -0.2) is 0 Å². The number of hydrogen-bond donors (Lipinski definition) is 2. The summed E-state index contributed by atoms with van der Waals surface area (Å²) in [4.78, 5) is 0. The van der Waals surface area contributed by atoms with Crippen molar-refractivity contribution in [3.63, 3.8) is 0 Å². The first kappa shape index (κ1) is 15.3. The number of hydrazine groups is 1. The molecule has 0 bridgehead atoms. The van der Waals surface area contributed by atoms with Crippen LogP contribution >= 0.6 is 23.2 Å². The van der Waals surface area contributed by atoms with Gasteiger partial charge in [0, 0.05) is 6.04 Å². The zero-order chi connectivity index (χ0) is 14.7. The Kier molecular flexibility index (Phi) is 5.06. The second kappa shape index (κ2) is 6.59. The van der Waals surface area contributed by atoms with Crippen LogP contribution in [0.1, 0.15) is 28.3 Å². The van der Waals surface area contributed by atoms with E-state index in [-0.39, 0.29) is 6.04 Å². The van der Waals surface area contributed by atoms with Crippen LogP contribution < -0.4 is 11.3 Å². The van der Waals surface area contributed by atoms with Crippen molar-refractivity contribution in [1.29, 1.82) is 0 Å². The molecule has 0 aliphatic carbocycles. The van der Waals surface area contributed by atoms with E-state index in [9.17, 15) is 0 Å². The molecule has 2 nitrogen and oxygen atoms in total. The van der Waals surface area contributed by atoms with Crippen molar-refractivity contribution in [2.45, 2.75) is 26.3 Å². The first-order valence-electron chi connectivity index (χ1n) is 6.48. The highest BCUT2D eigenvalue weighted by atomic mass is 35.5. The Morgan fingerprint density at radius 2 is 1.75 bits per heavy atom. The second-order valence-corrected chi connectivity index (χ2v) is 5.83. The molecule has 0 aromatic heterocycles. The summed E-state index contributed by atoms with van der Waals surface area (Å²) in [5, 5.41) is 1.14. The molecule has 1 unspecified atom stereocenters. The molecule has 1 atom stereocenters. The number of benzene rings is 2. The van der Waals surface area contributed by atoms with E-state index in [0.717, 1.165) is 12.0 Å². The Hall–Kier alpha value is -1.06. The van der Waals surface area contributed by atoms with E-state index in [1.54, 1.807) is 0 Å². The Morgan fingerprint density at radius 3 is 2.35 bits per heavy atom. The van der Waals surface area contributed by atoms with Crippen molar-refractivity contribution in [2.75, 3.05) is 0 Å². The Morgan fingerprint density at radius 1 is 1.00 bits per heavy atom. The monoisotopic (exact) mass is 308 g/mol. The summed E-state index contributed by atoms with van der Waals surface area (Å²) in [6.07, 6.45) is 0.760. The van der Waals surface area contributed by atoms with Gasteiger partial charge in [-0.1, -0.05) is 47.5 Å². The highest BCUT2D eigenvalue weighted by molar-refractivity contribution is 6.42. The maximum absolute atomic E-state index is 6.05. The highest BCUT2D eigenvalue weighted by Crippen LogP contribution is 2.26. The fraction of sp³-hybridized carbons (Fsp3) is 0.250. The Balaban J connectivity index is 2.23. The van der Waals surface area contributed by atoms with Gasteiger partial charge in [-0.3, -0.25) is 11.3 Å². The van der Waals surface area contributed by atoms with E-state index in [1.807, 2.05) is 18.2 Å². The lowest BCUT2D eigenvalue weighted by atomic mass is 9.96. The molecular weight excluding hydrogens is 291 g/mol. The number of nitrogens with one attached hydrogen (secondary N) is 1. The maximum atomic E-state index is 6.05. The summed E-state index contributed by atoms with van der Waals surface area (Å²) in [6.45, 7) is 4.20. The fourth-order valence-corrected chi connectivity index (χ4v) is 2.48. The predicted molar refractivity (Wildman–Crippen MR) is 86.1 cm³/mol. The molecule has 2 rings (SSSR count). The number of hydrogen-bond acceptors (Lipinski definition) is 2. The van der Waals surface area contributed by atoms with Crippen LogP contribution in [0.5, 0.6) is 0 Å². The number of aryl methyl sites for hydroxylation is 2. The minimum Gasteiger partial charge on any atom is -0.271 e. The smallest absolute Gasteiger partial charge is 0.0595 e. The van der Waals surface area contributed by atoms with Gasteiger partial charge in [0.25, 0.3) is 0 Å². The minimum absolute atomic E-state index is 0.0477. The Labute approximate surface area is 129 Å². The van der Waals surface area contributed by atoms with Gasteiger partial charge in [-0.15, -0.1) is 0 Å². The third-order valence-corrected chi connectivity index (χ3v) is 4.30.